The van der Waals surface area contributed by atoms with Crippen molar-refractivity contribution >= 4 is 0 Å². The van der Waals surface area contributed by atoms with Gasteiger partial charge in [0.1, 0.15) is 0 Å². The summed E-state index contributed by atoms with van der Waals surface area (Å²) in [5, 5.41) is 3.43. The summed E-state index contributed by atoms with van der Waals surface area (Å²) < 4.78 is 0. The van der Waals surface area contributed by atoms with Gasteiger partial charge in [0.2, 0.25) is 0 Å². The summed E-state index contributed by atoms with van der Waals surface area (Å²) >= 11 is 0. The van der Waals surface area contributed by atoms with E-state index in [0.717, 1.165) is 12.6 Å². The molecule has 1 atom stereocenters. The summed E-state index contributed by atoms with van der Waals surface area (Å²) in [5.74, 6) is 0. The Balaban J connectivity index is 0.000000810. The molecule has 1 rings (SSSR count). The van der Waals surface area contributed by atoms with Gasteiger partial charge in [0.05, 0.1) is 0 Å². The number of nitrogens with one attached hydrogen (secondary N) is 1. The lowest BCUT2D eigenvalue weighted by molar-refractivity contribution is 0.356. The van der Waals surface area contributed by atoms with Crippen molar-refractivity contribution in [2.45, 2.75) is 19.4 Å². The van der Waals surface area contributed by atoms with Crippen molar-refractivity contribution in [1.82, 2.24) is 10.2 Å². The minimum Gasteiger partial charge on any atom is -0.313 e. The number of rotatable bonds is 0. The van der Waals surface area contributed by atoms with Crippen LogP contribution in [0, 0.1) is 0 Å². The molecule has 1 N–H and O–H groups in total. The fraction of sp³-hybridized carbons (Fsp3) is 1.00. The lowest BCUT2D eigenvalue weighted by Gasteiger charge is -2.10. The van der Waals surface area contributed by atoms with Gasteiger partial charge in [0.15, 0.2) is 0 Å². The van der Waals surface area contributed by atoms with Crippen LogP contribution in [0.5, 0.6) is 0 Å². The first kappa shape index (κ1) is 7.03. The van der Waals surface area contributed by atoms with Crippen molar-refractivity contribution in [3.63, 3.8) is 0 Å². The molecule has 0 aromatic heterocycles. The van der Waals surface area contributed by atoms with E-state index in [4.69, 9.17) is 0 Å². The van der Waals surface area contributed by atoms with Crippen LogP contribution in [0.25, 0.3) is 0 Å². The maximum Gasteiger partial charge on any atom is 0.0104 e. The third kappa shape index (κ3) is 2.33. The molecule has 0 amide bonds. The average molecular weight is 130 g/mol. The maximum atomic E-state index is 3.43. The molecule has 0 aromatic carbocycles. The average Bonchev–Trinajstić information content (AvgIpc) is 1.97. The van der Waals surface area contributed by atoms with Gasteiger partial charge in [-0.15, -0.1) is 0 Å². The van der Waals surface area contributed by atoms with Crippen LogP contribution in [0.4, 0.5) is 0 Å². The van der Waals surface area contributed by atoms with Gasteiger partial charge in [-0.3, -0.25) is 0 Å². The third-order valence-corrected chi connectivity index (χ3v) is 1.93. The molecule has 1 fully saturated rings. The standard InChI is InChI=1S/C7H16N2.H2/c1-7-3-5-9(2)6-4-8-7;/h7-8H,3-6H2,1-2H3;1H. The van der Waals surface area contributed by atoms with Crippen LogP contribution >= 0.6 is 0 Å². The molecule has 0 aliphatic carbocycles. The summed E-state index contributed by atoms with van der Waals surface area (Å²) in [6.07, 6.45) is 1.29. The monoisotopic (exact) mass is 130 g/mol. The van der Waals surface area contributed by atoms with E-state index < -0.39 is 0 Å². The smallest absolute Gasteiger partial charge is 0.0104 e. The van der Waals surface area contributed by atoms with Crippen LogP contribution in [0.3, 0.4) is 0 Å². The van der Waals surface area contributed by atoms with Crippen LogP contribution < -0.4 is 5.32 Å². The summed E-state index contributed by atoms with van der Waals surface area (Å²) in [5.41, 5.74) is 0. The van der Waals surface area contributed by atoms with Gasteiger partial charge in [-0.2, -0.15) is 0 Å². The van der Waals surface area contributed by atoms with Gasteiger partial charge < -0.3 is 10.2 Å². The zero-order chi connectivity index (χ0) is 6.69. The minimum absolute atomic E-state index is 0. The Labute approximate surface area is 58.7 Å². The molecule has 0 aromatic rings. The quantitative estimate of drug-likeness (QED) is 0.515. The normalized spacial score (nSPS) is 32.0. The Morgan fingerprint density at radius 3 is 3.11 bits per heavy atom. The predicted octanol–water partition coefficient (Wildman–Crippen LogP) is 0.546. The van der Waals surface area contributed by atoms with Gasteiger partial charge in [-0.1, -0.05) is 0 Å². The van der Waals surface area contributed by atoms with Gasteiger partial charge in [0.25, 0.3) is 0 Å². The molecule has 9 heavy (non-hydrogen) atoms. The molecule has 1 unspecified atom stereocenters. The highest BCUT2D eigenvalue weighted by molar-refractivity contribution is 4.68. The Morgan fingerprint density at radius 2 is 2.33 bits per heavy atom. The fourth-order valence-corrected chi connectivity index (χ4v) is 1.13. The fourth-order valence-electron chi connectivity index (χ4n) is 1.13. The van der Waals surface area contributed by atoms with E-state index in [9.17, 15) is 0 Å². The topological polar surface area (TPSA) is 15.3 Å². The van der Waals surface area contributed by atoms with Crippen molar-refractivity contribution in [2.75, 3.05) is 26.7 Å². The van der Waals surface area contributed by atoms with Crippen LogP contribution in [-0.4, -0.2) is 37.6 Å². The molecule has 1 aliphatic heterocycles. The Bertz CT molecular complexity index is 77.7. The Morgan fingerprint density at radius 1 is 1.56 bits per heavy atom. The minimum atomic E-state index is 0. The van der Waals surface area contributed by atoms with E-state index in [-0.39, 0.29) is 1.43 Å². The second-order valence-corrected chi connectivity index (χ2v) is 2.95. The van der Waals surface area contributed by atoms with Crippen molar-refractivity contribution in [1.29, 1.82) is 0 Å². The van der Waals surface area contributed by atoms with E-state index >= 15 is 0 Å². The largest absolute Gasteiger partial charge is 0.313 e. The van der Waals surface area contributed by atoms with Crippen LogP contribution in [0.15, 0.2) is 0 Å². The van der Waals surface area contributed by atoms with E-state index in [1.54, 1.807) is 0 Å². The number of hydrogen-bond donors (Lipinski definition) is 1. The molecule has 1 heterocycles. The van der Waals surface area contributed by atoms with Crippen LogP contribution in [0.1, 0.15) is 14.8 Å². The zero-order valence-electron chi connectivity index (χ0n) is 6.35. The highest BCUT2D eigenvalue weighted by Crippen LogP contribution is 1.96. The Kier molecular flexibility index (Phi) is 2.49. The molecule has 0 saturated carbocycles. The third-order valence-electron chi connectivity index (χ3n) is 1.93. The van der Waals surface area contributed by atoms with Gasteiger partial charge in [0, 0.05) is 20.6 Å². The van der Waals surface area contributed by atoms with Crippen LogP contribution in [-0.2, 0) is 0 Å². The second-order valence-electron chi connectivity index (χ2n) is 2.95. The van der Waals surface area contributed by atoms with Gasteiger partial charge in [-0.25, -0.2) is 0 Å². The maximum absolute atomic E-state index is 3.43. The molecule has 0 radical (unpaired) electrons. The van der Waals surface area contributed by atoms with Crippen molar-refractivity contribution < 1.29 is 1.43 Å². The van der Waals surface area contributed by atoms with Crippen LogP contribution in [0.2, 0.25) is 0 Å². The predicted molar refractivity (Wildman–Crippen MR) is 41.7 cm³/mol. The first-order valence-corrected chi connectivity index (χ1v) is 3.71. The van der Waals surface area contributed by atoms with E-state index in [2.05, 4.69) is 24.2 Å². The highest BCUT2D eigenvalue weighted by Gasteiger charge is 2.07. The molecule has 1 aliphatic rings. The Hall–Kier alpha value is -0.0800. The molecule has 1 saturated heterocycles. The number of nitrogens with zero attached hydrogens (tertiary/aromatic N) is 1. The molecule has 0 spiro atoms. The molecular formula is C7H18N2. The van der Waals surface area contributed by atoms with E-state index in [0.29, 0.717) is 0 Å². The van der Waals surface area contributed by atoms with Crippen molar-refractivity contribution in [3.05, 3.63) is 0 Å². The second kappa shape index (κ2) is 3.18. The van der Waals surface area contributed by atoms with Gasteiger partial charge >= 0.3 is 0 Å². The molecule has 2 heteroatoms. The van der Waals surface area contributed by atoms with E-state index in [1.807, 2.05) is 0 Å². The lowest BCUT2D eigenvalue weighted by atomic mass is 10.2. The number of hydrogen-bond acceptors (Lipinski definition) is 2. The number of likely N-dealkylation sites (N-methyl/N-ethyl adjacent to an activating group) is 1. The SMILES string of the molecule is CC1CCN(C)CCN1.[HH]. The summed E-state index contributed by atoms with van der Waals surface area (Å²) in [7, 11) is 2.18. The van der Waals surface area contributed by atoms with Crippen molar-refractivity contribution in [2.24, 2.45) is 0 Å². The first-order valence-electron chi connectivity index (χ1n) is 3.71. The summed E-state index contributed by atoms with van der Waals surface area (Å²) in [6, 6.07) is 0.718. The molecule has 2 nitrogen and oxygen atoms in total. The first-order chi connectivity index (χ1) is 4.29. The summed E-state index contributed by atoms with van der Waals surface area (Å²) in [6.45, 7) is 5.84. The molecule has 0 bridgehead atoms. The van der Waals surface area contributed by atoms with E-state index in [1.165, 1.54) is 19.5 Å². The van der Waals surface area contributed by atoms with Gasteiger partial charge in [-0.05, 0) is 26.9 Å². The highest BCUT2D eigenvalue weighted by atomic mass is 15.1. The molecule has 56 valence electrons. The van der Waals surface area contributed by atoms with Crippen molar-refractivity contribution in [3.8, 4) is 0 Å². The zero-order valence-corrected chi connectivity index (χ0v) is 6.35. The lowest BCUT2D eigenvalue weighted by Crippen LogP contribution is -2.27. The molecular weight excluding hydrogens is 112 g/mol. The summed E-state index contributed by atoms with van der Waals surface area (Å²) in [4.78, 5) is 2.37.